The summed E-state index contributed by atoms with van der Waals surface area (Å²) in [6.07, 6.45) is 1.09. The molecule has 0 unspecified atom stereocenters. The largest absolute Gasteiger partial charge is 0.482 e. The lowest BCUT2D eigenvalue weighted by Crippen LogP contribution is -2.14. The molecule has 0 bridgehead atoms. The molecule has 25 heavy (non-hydrogen) atoms. The fourth-order valence-electron chi connectivity index (χ4n) is 2.46. The van der Waals surface area contributed by atoms with E-state index in [1.165, 1.54) is 23.8 Å². The summed E-state index contributed by atoms with van der Waals surface area (Å²) in [5.74, 6) is -0.0226. The molecule has 0 radical (unpaired) electrons. The summed E-state index contributed by atoms with van der Waals surface area (Å²) in [6.45, 7) is 3.95. The van der Waals surface area contributed by atoms with E-state index >= 15 is 0 Å². The van der Waals surface area contributed by atoms with Crippen LogP contribution in [0.2, 0.25) is 0 Å². The molecule has 2 aromatic rings. The zero-order chi connectivity index (χ0) is 18.2. The number of amides is 1. The normalized spacial score (nSPS) is 10.2. The summed E-state index contributed by atoms with van der Waals surface area (Å²) in [7, 11) is 1.30. The SMILES string of the molecule is COC(=O)COc1cccc(NC(=O)CCc2ccc(C)cc2C)c1. The van der Waals surface area contributed by atoms with Crippen LogP contribution in [0.1, 0.15) is 23.1 Å². The van der Waals surface area contributed by atoms with Crippen molar-refractivity contribution in [3.8, 4) is 5.75 Å². The molecule has 2 rings (SSSR count). The van der Waals surface area contributed by atoms with Crippen LogP contribution in [0.4, 0.5) is 5.69 Å². The molecular weight excluding hydrogens is 318 g/mol. The van der Waals surface area contributed by atoms with E-state index in [1.807, 2.05) is 0 Å². The van der Waals surface area contributed by atoms with Crippen LogP contribution in [0, 0.1) is 13.8 Å². The van der Waals surface area contributed by atoms with Crippen LogP contribution in [0.25, 0.3) is 0 Å². The second-order valence-corrected chi connectivity index (χ2v) is 5.87. The summed E-state index contributed by atoms with van der Waals surface area (Å²) >= 11 is 0. The number of methoxy groups -OCH3 is 1. The molecule has 1 N–H and O–H groups in total. The van der Waals surface area contributed by atoms with E-state index in [-0.39, 0.29) is 12.5 Å². The van der Waals surface area contributed by atoms with Crippen LogP contribution < -0.4 is 10.1 Å². The highest BCUT2D eigenvalue weighted by atomic mass is 16.6. The van der Waals surface area contributed by atoms with Gasteiger partial charge in [0.1, 0.15) is 5.75 Å². The molecule has 132 valence electrons. The van der Waals surface area contributed by atoms with Gasteiger partial charge in [-0.2, -0.15) is 0 Å². The first kappa shape index (κ1) is 18.5. The van der Waals surface area contributed by atoms with E-state index in [4.69, 9.17) is 4.74 Å². The monoisotopic (exact) mass is 341 g/mol. The van der Waals surface area contributed by atoms with Gasteiger partial charge in [0.25, 0.3) is 0 Å². The number of hydrogen-bond donors (Lipinski definition) is 1. The molecule has 2 aromatic carbocycles. The third-order valence-electron chi connectivity index (χ3n) is 3.82. The highest BCUT2D eigenvalue weighted by molar-refractivity contribution is 5.91. The molecule has 0 fully saturated rings. The lowest BCUT2D eigenvalue weighted by molar-refractivity contribution is -0.142. The minimum atomic E-state index is -0.456. The second-order valence-electron chi connectivity index (χ2n) is 5.87. The Kier molecular flexibility index (Phi) is 6.57. The van der Waals surface area contributed by atoms with Gasteiger partial charge in [0, 0.05) is 18.2 Å². The molecule has 0 spiro atoms. The maximum Gasteiger partial charge on any atom is 0.343 e. The number of carbonyl (C=O) groups is 2. The Bertz CT molecular complexity index is 755. The Morgan fingerprint density at radius 1 is 1.08 bits per heavy atom. The molecule has 0 aliphatic heterocycles. The lowest BCUT2D eigenvalue weighted by atomic mass is 10.0. The maximum absolute atomic E-state index is 12.2. The number of rotatable bonds is 7. The maximum atomic E-state index is 12.2. The topological polar surface area (TPSA) is 64.6 Å². The molecule has 5 heteroatoms. The molecule has 0 saturated carbocycles. The third kappa shape index (κ3) is 5.95. The van der Waals surface area contributed by atoms with Crippen LogP contribution in [0.3, 0.4) is 0 Å². The first-order valence-electron chi connectivity index (χ1n) is 8.13. The molecule has 0 aromatic heterocycles. The lowest BCUT2D eigenvalue weighted by Gasteiger charge is -2.10. The van der Waals surface area contributed by atoms with Crippen LogP contribution in [0.5, 0.6) is 5.75 Å². The highest BCUT2D eigenvalue weighted by Crippen LogP contribution is 2.18. The van der Waals surface area contributed by atoms with Gasteiger partial charge in [0.2, 0.25) is 5.91 Å². The zero-order valence-electron chi connectivity index (χ0n) is 14.8. The minimum absolute atomic E-state index is 0.0647. The number of esters is 1. The summed E-state index contributed by atoms with van der Waals surface area (Å²) in [6, 6.07) is 13.2. The van der Waals surface area contributed by atoms with Crippen LogP contribution in [-0.4, -0.2) is 25.6 Å². The van der Waals surface area contributed by atoms with E-state index in [0.717, 1.165) is 0 Å². The standard InChI is InChI=1S/C20H23NO4/c1-14-7-8-16(15(2)11-14)9-10-19(22)21-17-5-4-6-18(12-17)25-13-20(23)24-3/h4-8,11-12H,9-10,13H2,1-3H3,(H,21,22). The van der Waals surface area contributed by atoms with Gasteiger partial charge in [0.15, 0.2) is 6.61 Å². The number of ether oxygens (including phenoxy) is 2. The van der Waals surface area contributed by atoms with E-state index in [1.54, 1.807) is 24.3 Å². The molecule has 0 atom stereocenters. The van der Waals surface area contributed by atoms with Crippen LogP contribution in [0.15, 0.2) is 42.5 Å². The van der Waals surface area contributed by atoms with Crippen molar-refractivity contribution in [2.24, 2.45) is 0 Å². The van der Waals surface area contributed by atoms with Gasteiger partial charge in [-0.25, -0.2) is 4.79 Å². The second kappa shape index (κ2) is 8.87. The Morgan fingerprint density at radius 3 is 2.60 bits per heavy atom. The first-order chi connectivity index (χ1) is 12.0. The van der Waals surface area contributed by atoms with E-state index in [9.17, 15) is 9.59 Å². The smallest absolute Gasteiger partial charge is 0.343 e. The van der Waals surface area contributed by atoms with Crippen LogP contribution in [-0.2, 0) is 20.7 Å². The molecule has 0 aliphatic rings. The molecule has 0 heterocycles. The molecule has 5 nitrogen and oxygen atoms in total. The van der Waals surface area contributed by atoms with Crippen molar-refractivity contribution in [1.82, 2.24) is 0 Å². The summed E-state index contributed by atoms with van der Waals surface area (Å²) in [5.41, 5.74) is 4.23. The fourth-order valence-corrected chi connectivity index (χ4v) is 2.46. The quantitative estimate of drug-likeness (QED) is 0.784. The van der Waals surface area contributed by atoms with Crippen molar-refractivity contribution in [2.45, 2.75) is 26.7 Å². The molecule has 1 amide bonds. The predicted octanol–water partition coefficient (Wildman–Crippen LogP) is 3.43. The summed E-state index contributed by atoms with van der Waals surface area (Å²) in [5, 5.41) is 2.85. The van der Waals surface area contributed by atoms with E-state index < -0.39 is 5.97 Å². The number of benzene rings is 2. The molecule has 0 saturated heterocycles. The van der Waals surface area contributed by atoms with Gasteiger partial charge in [-0.05, 0) is 43.5 Å². The third-order valence-corrected chi connectivity index (χ3v) is 3.82. The van der Waals surface area contributed by atoms with E-state index in [0.29, 0.717) is 24.3 Å². The van der Waals surface area contributed by atoms with E-state index in [2.05, 4.69) is 42.1 Å². The average Bonchev–Trinajstić information content (AvgIpc) is 2.59. The van der Waals surface area contributed by atoms with Gasteiger partial charge in [-0.3, -0.25) is 4.79 Å². The number of nitrogens with one attached hydrogen (secondary N) is 1. The Balaban J connectivity index is 1.88. The van der Waals surface area contributed by atoms with Crippen LogP contribution >= 0.6 is 0 Å². The number of carbonyl (C=O) groups excluding carboxylic acids is 2. The highest BCUT2D eigenvalue weighted by Gasteiger charge is 2.07. The van der Waals surface area contributed by atoms with Crippen molar-refractivity contribution in [2.75, 3.05) is 19.0 Å². The first-order valence-corrected chi connectivity index (χ1v) is 8.13. The number of anilines is 1. The summed E-state index contributed by atoms with van der Waals surface area (Å²) < 4.78 is 9.84. The van der Waals surface area contributed by atoms with Gasteiger partial charge < -0.3 is 14.8 Å². The van der Waals surface area contributed by atoms with Crippen molar-refractivity contribution in [3.05, 3.63) is 59.2 Å². The van der Waals surface area contributed by atoms with Crippen molar-refractivity contribution < 1.29 is 19.1 Å². The summed E-state index contributed by atoms with van der Waals surface area (Å²) in [4.78, 5) is 23.3. The van der Waals surface area contributed by atoms with Crippen molar-refractivity contribution in [3.63, 3.8) is 0 Å². The molecular formula is C20H23NO4. The zero-order valence-corrected chi connectivity index (χ0v) is 14.8. The Morgan fingerprint density at radius 2 is 1.88 bits per heavy atom. The number of hydrogen-bond acceptors (Lipinski definition) is 4. The van der Waals surface area contributed by atoms with Gasteiger partial charge in [-0.15, -0.1) is 0 Å². The molecule has 0 aliphatic carbocycles. The minimum Gasteiger partial charge on any atom is -0.482 e. The van der Waals surface area contributed by atoms with Crippen molar-refractivity contribution in [1.29, 1.82) is 0 Å². The van der Waals surface area contributed by atoms with Crippen molar-refractivity contribution >= 4 is 17.6 Å². The fraction of sp³-hybridized carbons (Fsp3) is 0.300. The van der Waals surface area contributed by atoms with Gasteiger partial charge in [-0.1, -0.05) is 29.8 Å². The predicted molar refractivity (Wildman–Crippen MR) is 96.8 cm³/mol. The van der Waals surface area contributed by atoms with Gasteiger partial charge in [0.05, 0.1) is 7.11 Å². The average molecular weight is 341 g/mol. The van der Waals surface area contributed by atoms with Gasteiger partial charge >= 0.3 is 5.97 Å². The number of aryl methyl sites for hydroxylation is 3. The Labute approximate surface area is 148 Å². The Hall–Kier alpha value is -2.82.